The number of nitrogens with one attached hydrogen (secondary N) is 1. The molecule has 0 aliphatic rings. The summed E-state index contributed by atoms with van der Waals surface area (Å²) in [6.45, 7) is 1.88. The van der Waals surface area contributed by atoms with Crippen LogP contribution in [0.2, 0.25) is 0 Å². The molecule has 0 atom stereocenters. The average Bonchev–Trinajstić information content (AvgIpc) is 2.51. The Morgan fingerprint density at radius 3 is 2.57 bits per heavy atom. The molecule has 1 N–H and O–H groups in total. The minimum atomic E-state index is -0.194. The fourth-order valence-electron chi connectivity index (χ4n) is 2.28. The van der Waals surface area contributed by atoms with Gasteiger partial charge in [0.1, 0.15) is 5.69 Å². The fraction of sp³-hybridized carbons (Fsp3) is 0.0588. The van der Waals surface area contributed by atoms with E-state index in [1.54, 1.807) is 6.20 Å². The van der Waals surface area contributed by atoms with Crippen LogP contribution < -0.4 is 5.32 Å². The molecule has 0 spiro atoms. The van der Waals surface area contributed by atoms with Gasteiger partial charge in [0.05, 0.1) is 0 Å². The Kier molecular flexibility index (Phi) is 3.71. The van der Waals surface area contributed by atoms with Gasteiger partial charge in [-0.3, -0.25) is 9.78 Å². The van der Waals surface area contributed by atoms with Crippen molar-refractivity contribution in [3.63, 3.8) is 0 Å². The zero-order chi connectivity index (χ0) is 14.8. The Bertz CT molecular complexity index is 830. The molecule has 0 bridgehead atoms. The van der Waals surface area contributed by atoms with Crippen molar-refractivity contribution in [2.24, 2.45) is 0 Å². The van der Waals surface area contributed by atoms with Gasteiger partial charge in [0.25, 0.3) is 5.91 Å². The maximum Gasteiger partial charge on any atom is 0.274 e. The van der Waals surface area contributed by atoms with Gasteiger partial charge in [-0.05, 0) is 36.1 Å². The number of carbonyl (C=O) groups is 1. The lowest BCUT2D eigenvalue weighted by Crippen LogP contribution is -2.15. The molecule has 0 unspecified atom stereocenters. The van der Waals surface area contributed by atoms with Crippen molar-refractivity contribution in [2.45, 2.75) is 6.92 Å². The van der Waals surface area contributed by atoms with Gasteiger partial charge in [0.2, 0.25) is 0 Å². The standard InChI is InChI=1S/C17H13BrN2O/c1-11-5-4-10-19-16(11)17(21)20-15-9-8-14(18)12-6-2-3-7-13(12)15/h2-10H,1H3,(H,20,21). The molecule has 0 radical (unpaired) electrons. The van der Waals surface area contributed by atoms with Crippen LogP contribution in [0, 0.1) is 6.92 Å². The summed E-state index contributed by atoms with van der Waals surface area (Å²) in [5, 5.41) is 5.00. The molecule has 3 nitrogen and oxygen atoms in total. The molecular weight excluding hydrogens is 328 g/mol. The number of hydrogen-bond acceptors (Lipinski definition) is 2. The zero-order valence-corrected chi connectivity index (χ0v) is 13.0. The van der Waals surface area contributed by atoms with Gasteiger partial charge in [-0.15, -0.1) is 0 Å². The van der Waals surface area contributed by atoms with Crippen molar-refractivity contribution in [3.8, 4) is 0 Å². The lowest BCUT2D eigenvalue weighted by atomic mass is 10.1. The van der Waals surface area contributed by atoms with Crippen molar-refractivity contribution < 1.29 is 4.79 Å². The number of amides is 1. The summed E-state index contributed by atoms with van der Waals surface area (Å²) in [4.78, 5) is 16.5. The summed E-state index contributed by atoms with van der Waals surface area (Å²) in [6, 6.07) is 15.5. The third kappa shape index (κ3) is 2.67. The fourth-order valence-corrected chi connectivity index (χ4v) is 2.75. The highest BCUT2D eigenvalue weighted by Crippen LogP contribution is 2.30. The van der Waals surface area contributed by atoms with Crippen molar-refractivity contribution in [1.82, 2.24) is 4.98 Å². The monoisotopic (exact) mass is 340 g/mol. The number of pyridine rings is 1. The number of aromatic nitrogens is 1. The molecule has 3 rings (SSSR count). The number of rotatable bonds is 2. The first-order chi connectivity index (χ1) is 10.2. The molecule has 21 heavy (non-hydrogen) atoms. The number of benzene rings is 2. The van der Waals surface area contributed by atoms with Crippen LogP contribution >= 0.6 is 15.9 Å². The number of carbonyl (C=O) groups excluding carboxylic acids is 1. The van der Waals surface area contributed by atoms with Crippen LogP contribution in [-0.4, -0.2) is 10.9 Å². The van der Waals surface area contributed by atoms with Crippen LogP contribution in [0.25, 0.3) is 10.8 Å². The molecule has 0 aliphatic carbocycles. The largest absolute Gasteiger partial charge is 0.320 e. The van der Waals surface area contributed by atoms with Crippen LogP contribution in [-0.2, 0) is 0 Å². The Morgan fingerprint density at radius 2 is 1.81 bits per heavy atom. The number of hydrogen-bond donors (Lipinski definition) is 1. The Labute approximate surface area is 131 Å². The van der Waals surface area contributed by atoms with E-state index in [1.807, 2.05) is 55.5 Å². The van der Waals surface area contributed by atoms with Crippen LogP contribution in [0.1, 0.15) is 16.1 Å². The van der Waals surface area contributed by atoms with E-state index in [9.17, 15) is 4.79 Å². The van der Waals surface area contributed by atoms with Gasteiger partial charge in [0, 0.05) is 21.7 Å². The van der Waals surface area contributed by atoms with Crippen molar-refractivity contribution >= 4 is 38.3 Å². The summed E-state index contributed by atoms with van der Waals surface area (Å²) in [6.07, 6.45) is 1.63. The second-order valence-corrected chi connectivity index (χ2v) is 5.62. The van der Waals surface area contributed by atoms with Crippen molar-refractivity contribution in [2.75, 3.05) is 5.32 Å². The first-order valence-corrected chi connectivity index (χ1v) is 7.36. The molecule has 0 saturated heterocycles. The maximum atomic E-state index is 12.4. The van der Waals surface area contributed by atoms with Crippen molar-refractivity contribution in [1.29, 1.82) is 0 Å². The Hall–Kier alpha value is -2.20. The van der Waals surface area contributed by atoms with Crippen LogP contribution in [0.15, 0.2) is 59.2 Å². The normalized spacial score (nSPS) is 10.6. The highest BCUT2D eigenvalue weighted by Gasteiger charge is 2.12. The van der Waals surface area contributed by atoms with E-state index in [0.717, 1.165) is 26.5 Å². The summed E-state index contributed by atoms with van der Waals surface area (Å²) in [5.41, 5.74) is 2.09. The second kappa shape index (κ2) is 5.66. The summed E-state index contributed by atoms with van der Waals surface area (Å²) >= 11 is 3.53. The predicted octanol–water partition coefficient (Wildman–Crippen LogP) is 4.56. The molecule has 1 heterocycles. The first kappa shape index (κ1) is 13.8. The van der Waals surface area contributed by atoms with Crippen molar-refractivity contribution in [3.05, 3.63) is 70.5 Å². The summed E-state index contributed by atoms with van der Waals surface area (Å²) < 4.78 is 1.00. The third-order valence-electron chi connectivity index (χ3n) is 3.34. The van der Waals surface area contributed by atoms with Crippen LogP contribution in [0.5, 0.6) is 0 Å². The molecule has 0 saturated carbocycles. The van der Waals surface area contributed by atoms with Gasteiger partial charge in [0.15, 0.2) is 0 Å². The third-order valence-corrected chi connectivity index (χ3v) is 4.04. The Balaban J connectivity index is 2.01. The number of halogens is 1. The lowest BCUT2D eigenvalue weighted by molar-refractivity contribution is 0.102. The van der Waals surface area contributed by atoms with Gasteiger partial charge in [-0.25, -0.2) is 0 Å². The molecule has 0 aliphatic heterocycles. The minimum Gasteiger partial charge on any atom is -0.320 e. The van der Waals surface area contributed by atoms with Gasteiger partial charge in [-0.2, -0.15) is 0 Å². The van der Waals surface area contributed by atoms with E-state index >= 15 is 0 Å². The van der Waals surface area contributed by atoms with Gasteiger partial charge in [-0.1, -0.05) is 46.3 Å². The summed E-state index contributed by atoms with van der Waals surface area (Å²) in [5.74, 6) is -0.194. The Morgan fingerprint density at radius 1 is 1.05 bits per heavy atom. The highest BCUT2D eigenvalue weighted by atomic mass is 79.9. The summed E-state index contributed by atoms with van der Waals surface area (Å²) in [7, 11) is 0. The highest BCUT2D eigenvalue weighted by molar-refractivity contribution is 9.10. The minimum absolute atomic E-state index is 0.194. The molecule has 0 fully saturated rings. The number of nitrogens with zero attached hydrogens (tertiary/aromatic N) is 1. The maximum absolute atomic E-state index is 12.4. The van der Waals surface area contributed by atoms with E-state index in [1.165, 1.54) is 0 Å². The van der Waals surface area contributed by atoms with Gasteiger partial charge < -0.3 is 5.32 Å². The van der Waals surface area contributed by atoms with E-state index < -0.39 is 0 Å². The smallest absolute Gasteiger partial charge is 0.274 e. The second-order valence-electron chi connectivity index (χ2n) is 4.76. The lowest BCUT2D eigenvalue weighted by Gasteiger charge is -2.10. The van der Waals surface area contributed by atoms with Crippen LogP contribution in [0.3, 0.4) is 0 Å². The average molecular weight is 341 g/mol. The topological polar surface area (TPSA) is 42.0 Å². The molecule has 1 amide bonds. The number of fused-ring (bicyclic) bond motifs is 1. The zero-order valence-electron chi connectivity index (χ0n) is 11.4. The predicted molar refractivity (Wildman–Crippen MR) is 88.6 cm³/mol. The SMILES string of the molecule is Cc1cccnc1C(=O)Nc1ccc(Br)c2ccccc12. The van der Waals surface area contributed by atoms with Crippen LogP contribution in [0.4, 0.5) is 5.69 Å². The molecule has 104 valence electrons. The van der Waals surface area contributed by atoms with Gasteiger partial charge >= 0.3 is 0 Å². The van der Waals surface area contributed by atoms with E-state index in [0.29, 0.717) is 5.69 Å². The first-order valence-electron chi connectivity index (χ1n) is 6.57. The number of anilines is 1. The number of aryl methyl sites for hydroxylation is 1. The molecule has 1 aromatic heterocycles. The van der Waals surface area contributed by atoms with E-state index in [4.69, 9.17) is 0 Å². The van der Waals surface area contributed by atoms with E-state index in [-0.39, 0.29) is 5.91 Å². The quantitative estimate of drug-likeness (QED) is 0.743. The molecule has 4 heteroatoms. The van der Waals surface area contributed by atoms with E-state index in [2.05, 4.69) is 26.2 Å². The molecule has 3 aromatic rings. The molecule has 2 aromatic carbocycles. The molecular formula is C17H13BrN2O.